The minimum Gasteiger partial charge on any atom is -0.481 e. The van der Waals surface area contributed by atoms with Crippen LogP contribution in [0.3, 0.4) is 0 Å². The second-order valence-corrected chi connectivity index (χ2v) is 5.50. The predicted octanol–water partition coefficient (Wildman–Crippen LogP) is 1.77. The highest BCUT2D eigenvalue weighted by Crippen LogP contribution is 2.14. The van der Waals surface area contributed by atoms with Crippen LogP contribution in [0.5, 0.6) is 0 Å². The number of aliphatic carboxylic acids is 1. The van der Waals surface area contributed by atoms with Crippen LogP contribution in [0, 0.1) is 0 Å². The van der Waals surface area contributed by atoms with Crippen molar-refractivity contribution in [2.45, 2.75) is 13.0 Å². The van der Waals surface area contributed by atoms with Gasteiger partial charge in [-0.25, -0.2) is 0 Å². The summed E-state index contributed by atoms with van der Waals surface area (Å²) in [6.45, 7) is 0.989. The molecule has 0 spiro atoms. The molecule has 1 heterocycles. The highest BCUT2D eigenvalue weighted by Gasteiger charge is 2.08. The zero-order valence-electron chi connectivity index (χ0n) is 13.3. The smallest absolute Gasteiger partial charge is 0.304 e. The van der Waals surface area contributed by atoms with E-state index < -0.39 is 5.97 Å². The van der Waals surface area contributed by atoms with Gasteiger partial charge >= 0.3 is 5.97 Å². The lowest BCUT2D eigenvalue weighted by Gasteiger charge is -2.07. The van der Waals surface area contributed by atoms with Crippen LogP contribution >= 0.6 is 0 Å². The van der Waals surface area contributed by atoms with E-state index in [9.17, 15) is 9.59 Å². The van der Waals surface area contributed by atoms with Gasteiger partial charge in [0.2, 0.25) is 0 Å². The first kappa shape index (κ1) is 16.6. The SMILES string of the molecule is O=C(O)CCNCc1ccc(NC(=O)c2ccc3n[nH]nc3c2)cc1. The number of hydrogen-bond acceptors (Lipinski definition) is 5. The highest BCUT2D eigenvalue weighted by molar-refractivity contribution is 6.05. The molecule has 0 bridgehead atoms. The summed E-state index contributed by atoms with van der Waals surface area (Å²) in [6.07, 6.45) is 0.0873. The Morgan fingerprint density at radius 3 is 2.56 bits per heavy atom. The first-order valence-electron chi connectivity index (χ1n) is 7.75. The van der Waals surface area contributed by atoms with Crippen molar-refractivity contribution in [1.29, 1.82) is 0 Å². The number of carbonyl (C=O) groups is 2. The average Bonchev–Trinajstić information content (AvgIpc) is 3.07. The Morgan fingerprint density at radius 1 is 1.04 bits per heavy atom. The molecule has 2 aromatic carbocycles. The summed E-state index contributed by atoms with van der Waals surface area (Å²) in [5, 5.41) is 24.9. The number of carboxylic acids is 1. The number of aromatic nitrogens is 3. The third kappa shape index (κ3) is 4.39. The molecule has 0 saturated heterocycles. The molecule has 4 N–H and O–H groups in total. The molecule has 1 amide bonds. The summed E-state index contributed by atoms with van der Waals surface area (Å²) in [6, 6.07) is 12.5. The first-order valence-corrected chi connectivity index (χ1v) is 7.75. The third-order valence-corrected chi connectivity index (χ3v) is 3.64. The van der Waals surface area contributed by atoms with Gasteiger partial charge in [-0.2, -0.15) is 15.4 Å². The number of aromatic amines is 1. The summed E-state index contributed by atoms with van der Waals surface area (Å²) in [7, 11) is 0. The van der Waals surface area contributed by atoms with Crippen LogP contribution in [0.15, 0.2) is 42.5 Å². The second-order valence-electron chi connectivity index (χ2n) is 5.50. The molecule has 1 aromatic heterocycles. The molecule has 0 atom stereocenters. The summed E-state index contributed by atoms with van der Waals surface area (Å²) >= 11 is 0. The monoisotopic (exact) mass is 339 g/mol. The van der Waals surface area contributed by atoms with E-state index in [0.717, 1.165) is 5.56 Å². The van der Waals surface area contributed by atoms with E-state index in [1.54, 1.807) is 30.3 Å². The lowest BCUT2D eigenvalue weighted by atomic mass is 10.1. The molecule has 0 unspecified atom stereocenters. The van der Waals surface area contributed by atoms with E-state index >= 15 is 0 Å². The van der Waals surface area contributed by atoms with E-state index in [2.05, 4.69) is 26.0 Å². The molecule has 0 aliphatic carbocycles. The van der Waals surface area contributed by atoms with Gasteiger partial charge in [0.05, 0.1) is 6.42 Å². The number of nitrogens with one attached hydrogen (secondary N) is 3. The molecule has 0 saturated carbocycles. The van der Waals surface area contributed by atoms with Gasteiger partial charge in [-0.3, -0.25) is 9.59 Å². The number of fused-ring (bicyclic) bond motifs is 1. The van der Waals surface area contributed by atoms with Crippen LogP contribution < -0.4 is 10.6 Å². The number of carbonyl (C=O) groups excluding carboxylic acids is 1. The van der Waals surface area contributed by atoms with Gasteiger partial charge in [0.15, 0.2) is 0 Å². The van der Waals surface area contributed by atoms with E-state index in [-0.39, 0.29) is 12.3 Å². The minimum atomic E-state index is -0.825. The molecule has 8 heteroatoms. The van der Waals surface area contributed by atoms with Gasteiger partial charge in [0.25, 0.3) is 5.91 Å². The van der Waals surface area contributed by atoms with Gasteiger partial charge in [-0.1, -0.05) is 12.1 Å². The normalized spacial score (nSPS) is 10.7. The average molecular weight is 339 g/mol. The maximum atomic E-state index is 12.3. The molecule has 0 radical (unpaired) electrons. The molecule has 8 nitrogen and oxygen atoms in total. The first-order chi connectivity index (χ1) is 12.1. The van der Waals surface area contributed by atoms with Crippen LogP contribution in [0.2, 0.25) is 0 Å². The summed E-state index contributed by atoms with van der Waals surface area (Å²) in [5.41, 5.74) is 3.53. The van der Waals surface area contributed by atoms with Crippen LogP contribution in [0.4, 0.5) is 5.69 Å². The minimum absolute atomic E-state index is 0.0873. The quantitative estimate of drug-likeness (QED) is 0.487. The lowest BCUT2D eigenvalue weighted by Crippen LogP contribution is -2.17. The molecular weight excluding hydrogens is 322 g/mol. The lowest BCUT2D eigenvalue weighted by molar-refractivity contribution is -0.136. The van der Waals surface area contributed by atoms with E-state index in [1.807, 2.05) is 12.1 Å². The van der Waals surface area contributed by atoms with Crippen molar-refractivity contribution < 1.29 is 14.7 Å². The fourth-order valence-electron chi connectivity index (χ4n) is 2.32. The van der Waals surface area contributed by atoms with Crippen LogP contribution in [0.25, 0.3) is 11.0 Å². The second kappa shape index (κ2) is 7.54. The van der Waals surface area contributed by atoms with E-state index in [1.165, 1.54) is 0 Å². The van der Waals surface area contributed by atoms with Crippen molar-refractivity contribution in [1.82, 2.24) is 20.7 Å². The summed E-state index contributed by atoms with van der Waals surface area (Å²) in [4.78, 5) is 22.7. The zero-order chi connectivity index (χ0) is 17.6. The maximum absolute atomic E-state index is 12.3. The predicted molar refractivity (Wildman–Crippen MR) is 92.2 cm³/mol. The summed E-state index contributed by atoms with van der Waals surface area (Å²) in [5.74, 6) is -1.05. The number of H-pyrrole nitrogens is 1. The Labute approximate surface area is 143 Å². The van der Waals surface area contributed by atoms with Crippen molar-refractivity contribution in [3.05, 3.63) is 53.6 Å². The van der Waals surface area contributed by atoms with Gasteiger partial charge in [0, 0.05) is 24.3 Å². The molecule has 128 valence electrons. The molecular formula is C17H17N5O3. The van der Waals surface area contributed by atoms with Crippen molar-refractivity contribution in [2.75, 3.05) is 11.9 Å². The number of benzene rings is 2. The fraction of sp³-hybridized carbons (Fsp3) is 0.176. The molecule has 0 aliphatic rings. The van der Waals surface area contributed by atoms with Gasteiger partial charge < -0.3 is 15.7 Å². The van der Waals surface area contributed by atoms with Gasteiger partial charge in [-0.05, 0) is 35.9 Å². The molecule has 0 fully saturated rings. The number of hydrogen-bond donors (Lipinski definition) is 4. The topological polar surface area (TPSA) is 120 Å². The van der Waals surface area contributed by atoms with Gasteiger partial charge in [-0.15, -0.1) is 0 Å². The Hall–Kier alpha value is -3.26. The molecule has 25 heavy (non-hydrogen) atoms. The Bertz CT molecular complexity index is 889. The zero-order valence-corrected chi connectivity index (χ0v) is 13.3. The molecule has 3 rings (SSSR count). The third-order valence-electron chi connectivity index (χ3n) is 3.64. The molecule has 3 aromatic rings. The van der Waals surface area contributed by atoms with Crippen LogP contribution in [-0.2, 0) is 11.3 Å². The highest BCUT2D eigenvalue weighted by atomic mass is 16.4. The molecule has 0 aliphatic heterocycles. The van der Waals surface area contributed by atoms with E-state index in [0.29, 0.717) is 35.4 Å². The van der Waals surface area contributed by atoms with E-state index in [4.69, 9.17) is 5.11 Å². The standard InChI is InChI=1S/C17H17N5O3/c23-16(24)7-8-18-10-11-1-4-13(5-2-11)19-17(25)12-3-6-14-15(9-12)21-22-20-14/h1-6,9,18H,7-8,10H2,(H,19,25)(H,23,24)(H,20,21,22). The number of amides is 1. The number of carboxylic acid groups (broad SMARTS) is 1. The van der Waals surface area contributed by atoms with Crippen LogP contribution in [-0.4, -0.2) is 38.9 Å². The number of anilines is 1. The Kier molecular flexibility index (Phi) is 5.00. The maximum Gasteiger partial charge on any atom is 0.304 e. The Morgan fingerprint density at radius 2 is 1.80 bits per heavy atom. The van der Waals surface area contributed by atoms with Crippen molar-refractivity contribution in [2.24, 2.45) is 0 Å². The summed E-state index contributed by atoms with van der Waals surface area (Å²) < 4.78 is 0. The Balaban J connectivity index is 1.57. The van der Waals surface area contributed by atoms with Crippen molar-refractivity contribution in [3.63, 3.8) is 0 Å². The number of rotatable bonds is 7. The van der Waals surface area contributed by atoms with Gasteiger partial charge in [0.1, 0.15) is 11.0 Å². The fourth-order valence-corrected chi connectivity index (χ4v) is 2.32. The van der Waals surface area contributed by atoms with Crippen LogP contribution in [0.1, 0.15) is 22.3 Å². The number of nitrogens with zero attached hydrogens (tertiary/aromatic N) is 2. The van der Waals surface area contributed by atoms with Crippen molar-refractivity contribution >= 4 is 28.6 Å². The largest absolute Gasteiger partial charge is 0.481 e. The van der Waals surface area contributed by atoms with Crippen molar-refractivity contribution in [3.8, 4) is 0 Å².